The first-order valence-electron chi connectivity index (χ1n) is 6.20. The van der Waals surface area contributed by atoms with E-state index in [0.29, 0.717) is 6.61 Å². The van der Waals surface area contributed by atoms with Gasteiger partial charge in [0, 0.05) is 26.5 Å². The summed E-state index contributed by atoms with van der Waals surface area (Å²) in [7, 11) is -1.19. The highest BCUT2D eigenvalue weighted by atomic mass is 32.2. The lowest BCUT2D eigenvalue weighted by atomic mass is 9.83. The molecule has 0 amide bonds. The van der Waals surface area contributed by atoms with Gasteiger partial charge >= 0.3 is 0 Å². The van der Waals surface area contributed by atoms with E-state index < -0.39 is 9.84 Å². The van der Waals surface area contributed by atoms with Gasteiger partial charge in [0.05, 0.1) is 12.4 Å². The molecular weight excluding hydrogens is 238 g/mol. The zero-order chi connectivity index (χ0) is 13.4. The van der Waals surface area contributed by atoms with E-state index in [1.54, 1.807) is 7.11 Å². The van der Waals surface area contributed by atoms with E-state index in [4.69, 9.17) is 4.74 Å². The summed E-state index contributed by atoms with van der Waals surface area (Å²) in [6, 6.07) is 0. The molecule has 104 valence electrons. The van der Waals surface area contributed by atoms with Crippen molar-refractivity contribution >= 4 is 9.84 Å². The SMILES string of the molecule is CCCC(C)(CCS(C)(=O)=O)CNCCOC. The second-order valence-corrected chi connectivity index (χ2v) is 7.37. The molecule has 0 aromatic heterocycles. The van der Waals surface area contributed by atoms with Crippen LogP contribution in [0.1, 0.15) is 33.1 Å². The smallest absolute Gasteiger partial charge is 0.147 e. The number of hydrogen-bond donors (Lipinski definition) is 1. The quantitative estimate of drug-likeness (QED) is 0.608. The van der Waals surface area contributed by atoms with Gasteiger partial charge in [-0.1, -0.05) is 20.3 Å². The molecular formula is C12H27NO3S. The molecule has 4 nitrogen and oxygen atoms in total. The van der Waals surface area contributed by atoms with Gasteiger partial charge in [0.1, 0.15) is 9.84 Å². The highest BCUT2D eigenvalue weighted by Crippen LogP contribution is 2.27. The maximum Gasteiger partial charge on any atom is 0.147 e. The summed E-state index contributed by atoms with van der Waals surface area (Å²) in [6.07, 6.45) is 4.14. The zero-order valence-electron chi connectivity index (χ0n) is 11.6. The van der Waals surface area contributed by atoms with Crippen molar-refractivity contribution in [1.82, 2.24) is 5.32 Å². The molecule has 1 unspecified atom stereocenters. The largest absolute Gasteiger partial charge is 0.383 e. The lowest BCUT2D eigenvalue weighted by Crippen LogP contribution is -2.35. The van der Waals surface area contributed by atoms with Crippen LogP contribution >= 0.6 is 0 Å². The van der Waals surface area contributed by atoms with Crippen molar-refractivity contribution in [1.29, 1.82) is 0 Å². The van der Waals surface area contributed by atoms with Crippen LogP contribution in [0.2, 0.25) is 0 Å². The van der Waals surface area contributed by atoms with Crippen molar-refractivity contribution in [2.24, 2.45) is 5.41 Å². The minimum absolute atomic E-state index is 0.0611. The number of rotatable bonds is 10. The topological polar surface area (TPSA) is 55.4 Å². The highest BCUT2D eigenvalue weighted by Gasteiger charge is 2.24. The van der Waals surface area contributed by atoms with E-state index in [9.17, 15) is 8.42 Å². The average molecular weight is 265 g/mol. The summed E-state index contributed by atoms with van der Waals surface area (Å²) in [5.74, 6) is 0.273. The monoisotopic (exact) mass is 265 g/mol. The Morgan fingerprint density at radius 2 is 1.94 bits per heavy atom. The van der Waals surface area contributed by atoms with Gasteiger partial charge in [-0.3, -0.25) is 0 Å². The van der Waals surface area contributed by atoms with Crippen LogP contribution in [0.15, 0.2) is 0 Å². The molecule has 1 N–H and O–H groups in total. The molecule has 5 heteroatoms. The molecule has 0 aromatic carbocycles. The number of ether oxygens (including phenoxy) is 1. The van der Waals surface area contributed by atoms with Crippen molar-refractivity contribution in [3.05, 3.63) is 0 Å². The standard InChI is InChI=1S/C12H27NO3S/c1-5-6-12(2,7-10-17(4,14)15)11-13-8-9-16-3/h13H,5-11H2,1-4H3. The third-order valence-electron chi connectivity index (χ3n) is 2.96. The molecule has 0 saturated heterocycles. The molecule has 1 atom stereocenters. The van der Waals surface area contributed by atoms with Crippen molar-refractivity contribution in [3.63, 3.8) is 0 Å². The van der Waals surface area contributed by atoms with Crippen LogP contribution in [0.4, 0.5) is 0 Å². The second kappa shape index (κ2) is 8.06. The van der Waals surface area contributed by atoms with Gasteiger partial charge in [0.2, 0.25) is 0 Å². The molecule has 0 aliphatic heterocycles. The van der Waals surface area contributed by atoms with E-state index in [-0.39, 0.29) is 11.2 Å². The summed E-state index contributed by atoms with van der Waals surface area (Å²) in [5, 5.41) is 3.33. The first kappa shape index (κ1) is 16.9. The van der Waals surface area contributed by atoms with Crippen molar-refractivity contribution in [2.75, 3.05) is 38.8 Å². The van der Waals surface area contributed by atoms with Crippen LogP contribution in [0.3, 0.4) is 0 Å². The van der Waals surface area contributed by atoms with Gasteiger partial charge in [0.25, 0.3) is 0 Å². The third kappa shape index (κ3) is 9.56. The number of methoxy groups -OCH3 is 1. The van der Waals surface area contributed by atoms with Crippen LogP contribution in [-0.4, -0.2) is 47.2 Å². The van der Waals surface area contributed by atoms with Gasteiger partial charge in [-0.15, -0.1) is 0 Å². The molecule has 0 aliphatic carbocycles. The average Bonchev–Trinajstić information content (AvgIpc) is 2.22. The first-order chi connectivity index (χ1) is 7.83. The lowest BCUT2D eigenvalue weighted by Gasteiger charge is -2.29. The Morgan fingerprint density at radius 3 is 2.41 bits per heavy atom. The molecule has 0 aromatic rings. The molecule has 0 rings (SSSR count). The van der Waals surface area contributed by atoms with Crippen molar-refractivity contribution in [2.45, 2.75) is 33.1 Å². The summed E-state index contributed by atoms with van der Waals surface area (Å²) in [5.41, 5.74) is 0.0611. The van der Waals surface area contributed by atoms with Crippen LogP contribution in [-0.2, 0) is 14.6 Å². The molecule has 0 bridgehead atoms. The van der Waals surface area contributed by atoms with Crippen molar-refractivity contribution < 1.29 is 13.2 Å². The molecule has 0 heterocycles. The molecule has 0 fully saturated rings. The molecule has 0 radical (unpaired) electrons. The Labute approximate surface area is 106 Å². The summed E-state index contributed by atoms with van der Waals surface area (Å²) in [6.45, 7) is 6.64. The molecule has 0 saturated carbocycles. The van der Waals surface area contributed by atoms with E-state index in [0.717, 1.165) is 32.4 Å². The zero-order valence-corrected chi connectivity index (χ0v) is 12.4. The number of hydrogen-bond acceptors (Lipinski definition) is 4. The van der Waals surface area contributed by atoms with Crippen LogP contribution < -0.4 is 5.32 Å². The van der Waals surface area contributed by atoms with Crippen molar-refractivity contribution in [3.8, 4) is 0 Å². The van der Waals surface area contributed by atoms with Crippen LogP contribution in [0.25, 0.3) is 0 Å². The van der Waals surface area contributed by atoms with Gasteiger partial charge < -0.3 is 10.1 Å². The van der Waals surface area contributed by atoms with Crippen LogP contribution in [0.5, 0.6) is 0 Å². The Hall–Kier alpha value is -0.130. The number of sulfone groups is 1. The predicted octanol–water partition coefficient (Wildman–Crippen LogP) is 1.46. The second-order valence-electron chi connectivity index (χ2n) is 5.11. The highest BCUT2D eigenvalue weighted by molar-refractivity contribution is 7.90. The Balaban J connectivity index is 4.15. The predicted molar refractivity (Wildman–Crippen MR) is 72.1 cm³/mol. The first-order valence-corrected chi connectivity index (χ1v) is 8.26. The summed E-state index contributed by atoms with van der Waals surface area (Å²) in [4.78, 5) is 0. The minimum atomic E-state index is -2.86. The fourth-order valence-corrected chi connectivity index (χ4v) is 2.77. The maximum absolute atomic E-state index is 11.2. The van der Waals surface area contributed by atoms with Gasteiger partial charge in [0.15, 0.2) is 0 Å². The van der Waals surface area contributed by atoms with Gasteiger partial charge in [-0.25, -0.2) is 8.42 Å². The molecule has 17 heavy (non-hydrogen) atoms. The molecule has 0 spiro atoms. The Morgan fingerprint density at radius 1 is 1.29 bits per heavy atom. The van der Waals surface area contributed by atoms with E-state index in [1.807, 2.05) is 0 Å². The normalized spacial score (nSPS) is 15.8. The van der Waals surface area contributed by atoms with Gasteiger partial charge in [-0.2, -0.15) is 0 Å². The Bertz CT molecular complexity index is 290. The van der Waals surface area contributed by atoms with E-state index in [2.05, 4.69) is 19.2 Å². The molecule has 0 aliphatic rings. The maximum atomic E-state index is 11.2. The fourth-order valence-electron chi connectivity index (χ4n) is 1.90. The van der Waals surface area contributed by atoms with Gasteiger partial charge in [-0.05, 0) is 18.3 Å². The lowest BCUT2D eigenvalue weighted by molar-refractivity contribution is 0.189. The summed E-state index contributed by atoms with van der Waals surface area (Å²) < 4.78 is 27.4. The van der Waals surface area contributed by atoms with E-state index >= 15 is 0 Å². The fraction of sp³-hybridized carbons (Fsp3) is 1.00. The third-order valence-corrected chi connectivity index (χ3v) is 3.91. The number of nitrogens with one attached hydrogen (secondary N) is 1. The summed E-state index contributed by atoms with van der Waals surface area (Å²) >= 11 is 0. The Kier molecular flexibility index (Phi) is 8.00. The van der Waals surface area contributed by atoms with E-state index in [1.165, 1.54) is 6.26 Å². The van der Waals surface area contributed by atoms with Crippen LogP contribution in [0, 0.1) is 5.41 Å². The minimum Gasteiger partial charge on any atom is -0.383 e.